The third-order valence-corrected chi connectivity index (χ3v) is 3.40. The molecule has 0 unspecified atom stereocenters. The molecule has 1 fully saturated rings. The number of carbonyl (C=O) groups is 1. The van der Waals surface area contributed by atoms with Gasteiger partial charge >= 0.3 is 0 Å². The zero-order chi connectivity index (χ0) is 11.8. The van der Waals surface area contributed by atoms with Crippen LogP contribution in [-0.2, 0) is 4.79 Å². The zero-order valence-electron chi connectivity index (χ0n) is 10.7. The molecule has 4 heteroatoms. The van der Waals surface area contributed by atoms with Crippen LogP contribution in [0.15, 0.2) is 0 Å². The van der Waals surface area contributed by atoms with E-state index in [0.717, 1.165) is 45.7 Å². The third kappa shape index (κ3) is 4.49. The van der Waals surface area contributed by atoms with Gasteiger partial charge in [0.05, 0.1) is 0 Å². The van der Waals surface area contributed by atoms with Gasteiger partial charge in [0.2, 0.25) is 6.41 Å². The van der Waals surface area contributed by atoms with E-state index in [9.17, 15) is 4.79 Å². The normalized spacial score (nSPS) is 18.1. The lowest BCUT2D eigenvalue weighted by Gasteiger charge is -2.32. The number of rotatable bonds is 7. The standard InChI is InChI=1S/C12H25N3O/c1-3-13(4-2)6-5-7-14-8-10-15(12-16)11-9-14/h12H,3-11H2,1-2H3. The minimum atomic E-state index is 0.898. The quantitative estimate of drug-likeness (QED) is 0.592. The molecule has 94 valence electrons. The summed E-state index contributed by atoms with van der Waals surface area (Å²) >= 11 is 0. The molecule has 0 aromatic carbocycles. The lowest BCUT2D eigenvalue weighted by molar-refractivity contribution is -0.119. The van der Waals surface area contributed by atoms with Crippen LogP contribution in [0.2, 0.25) is 0 Å². The maximum Gasteiger partial charge on any atom is 0.209 e. The van der Waals surface area contributed by atoms with Crippen LogP contribution < -0.4 is 0 Å². The van der Waals surface area contributed by atoms with Crippen molar-refractivity contribution in [2.75, 3.05) is 52.4 Å². The SMILES string of the molecule is CCN(CC)CCCN1CCN(C=O)CC1. The fraction of sp³-hybridized carbons (Fsp3) is 0.917. The number of carbonyl (C=O) groups excluding carboxylic acids is 1. The Balaban J connectivity index is 2.08. The predicted octanol–water partition coefficient (Wildman–Crippen LogP) is 0.492. The molecular formula is C12H25N3O. The topological polar surface area (TPSA) is 26.8 Å². The van der Waals surface area contributed by atoms with Gasteiger partial charge < -0.3 is 9.80 Å². The highest BCUT2D eigenvalue weighted by Gasteiger charge is 2.14. The Bertz CT molecular complexity index is 187. The van der Waals surface area contributed by atoms with Gasteiger partial charge in [0.1, 0.15) is 0 Å². The minimum Gasteiger partial charge on any atom is -0.343 e. The summed E-state index contributed by atoms with van der Waals surface area (Å²) in [6.07, 6.45) is 2.20. The summed E-state index contributed by atoms with van der Waals surface area (Å²) in [5, 5.41) is 0. The summed E-state index contributed by atoms with van der Waals surface area (Å²) in [6.45, 7) is 13.0. The van der Waals surface area contributed by atoms with Crippen LogP contribution >= 0.6 is 0 Å². The van der Waals surface area contributed by atoms with E-state index in [1.165, 1.54) is 19.5 Å². The number of piperazine rings is 1. The van der Waals surface area contributed by atoms with E-state index in [0.29, 0.717) is 0 Å². The van der Waals surface area contributed by atoms with Crippen molar-refractivity contribution in [3.63, 3.8) is 0 Å². The Morgan fingerprint density at radius 1 is 1.12 bits per heavy atom. The van der Waals surface area contributed by atoms with Crippen LogP contribution in [0, 0.1) is 0 Å². The van der Waals surface area contributed by atoms with E-state index in [2.05, 4.69) is 23.6 Å². The molecule has 1 rings (SSSR count). The number of hydrogen-bond acceptors (Lipinski definition) is 3. The summed E-state index contributed by atoms with van der Waals surface area (Å²) < 4.78 is 0. The first kappa shape index (κ1) is 13.5. The molecule has 16 heavy (non-hydrogen) atoms. The molecule has 0 aromatic heterocycles. The Morgan fingerprint density at radius 2 is 1.75 bits per heavy atom. The first-order chi connectivity index (χ1) is 7.80. The largest absolute Gasteiger partial charge is 0.343 e. The van der Waals surface area contributed by atoms with Crippen molar-refractivity contribution in [2.45, 2.75) is 20.3 Å². The fourth-order valence-corrected chi connectivity index (χ4v) is 2.15. The molecule has 0 atom stereocenters. The van der Waals surface area contributed by atoms with E-state index >= 15 is 0 Å². The lowest BCUT2D eigenvalue weighted by Crippen LogP contribution is -2.46. The van der Waals surface area contributed by atoms with Crippen LogP contribution in [0.1, 0.15) is 20.3 Å². The second kappa shape index (κ2) is 7.63. The molecule has 0 radical (unpaired) electrons. The van der Waals surface area contributed by atoms with Gasteiger partial charge in [0.25, 0.3) is 0 Å². The molecule has 0 aliphatic carbocycles. The molecule has 4 nitrogen and oxygen atoms in total. The molecule has 0 bridgehead atoms. The second-order valence-electron chi connectivity index (χ2n) is 4.36. The van der Waals surface area contributed by atoms with Crippen molar-refractivity contribution in [1.29, 1.82) is 0 Å². The third-order valence-electron chi connectivity index (χ3n) is 3.40. The molecule has 1 aliphatic rings. The summed E-state index contributed by atoms with van der Waals surface area (Å²) in [5.41, 5.74) is 0. The number of hydrogen-bond donors (Lipinski definition) is 0. The van der Waals surface area contributed by atoms with Gasteiger partial charge in [-0.15, -0.1) is 0 Å². The summed E-state index contributed by atoms with van der Waals surface area (Å²) in [5.74, 6) is 0. The molecule has 0 saturated carbocycles. The van der Waals surface area contributed by atoms with Gasteiger partial charge in [0, 0.05) is 26.2 Å². The Kier molecular flexibility index (Phi) is 6.42. The van der Waals surface area contributed by atoms with Crippen molar-refractivity contribution in [2.24, 2.45) is 0 Å². The van der Waals surface area contributed by atoms with Crippen LogP contribution in [-0.4, -0.2) is 73.5 Å². The van der Waals surface area contributed by atoms with Crippen molar-refractivity contribution in [3.8, 4) is 0 Å². The maximum atomic E-state index is 10.5. The number of nitrogens with zero attached hydrogens (tertiary/aromatic N) is 3. The highest BCUT2D eigenvalue weighted by Crippen LogP contribution is 2.01. The summed E-state index contributed by atoms with van der Waals surface area (Å²) in [7, 11) is 0. The van der Waals surface area contributed by atoms with Gasteiger partial charge in [0.15, 0.2) is 0 Å². The van der Waals surface area contributed by atoms with Gasteiger partial charge in [-0.25, -0.2) is 0 Å². The van der Waals surface area contributed by atoms with E-state index < -0.39 is 0 Å². The Hall–Kier alpha value is -0.610. The van der Waals surface area contributed by atoms with Crippen LogP contribution in [0.25, 0.3) is 0 Å². The van der Waals surface area contributed by atoms with Crippen LogP contribution in [0.4, 0.5) is 0 Å². The smallest absolute Gasteiger partial charge is 0.209 e. The average Bonchev–Trinajstić information content (AvgIpc) is 2.35. The van der Waals surface area contributed by atoms with Gasteiger partial charge in [-0.2, -0.15) is 0 Å². The lowest BCUT2D eigenvalue weighted by atomic mass is 10.3. The van der Waals surface area contributed by atoms with Crippen molar-refractivity contribution >= 4 is 6.41 Å². The first-order valence-corrected chi connectivity index (χ1v) is 6.44. The van der Waals surface area contributed by atoms with E-state index in [1.807, 2.05) is 4.90 Å². The van der Waals surface area contributed by atoms with Gasteiger partial charge in [-0.3, -0.25) is 9.69 Å². The van der Waals surface area contributed by atoms with Gasteiger partial charge in [-0.1, -0.05) is 13.8 Å². The van der Waals surface area contributed by atoms with Crippen LogP contribution in [0.5, 0.6) is 0 Å². The zero-order valence-corrected chi connectivity index (χ0v) is 10.7. The second-order valence-corrected chi connectivity index (χ2v) is 4.36. The van der Waals surface area contributed by atoms with Crippen molar-refractivity contribution in [1.82, 2.24) is 14.7 Å². The molecule has 1 amide bonds. The maximum absolute atomic E-state index is 10.5. The Morgan fingerprint density at radius 3 is 2.25 bits per heavy atom. The van der Waals surface area contributed by atoms with Crippen molar-refractivity contribution < 1.29 is 4.79 Å². The molecule has 0 N–H and O–H groups in total. The van der Waals surface area contributed by atoms with E-state index in [-0.39, 0.29) is 0 Å². The van der Waals surface area contributed by atoms with Crippen LogP contribution in [0.3, 0.4) is 0 Å². The first-order valence-electron chi connectivity index (χ1n) is 6.44. The number of amides is 1. The summed E-state index contributed by atoms with van der Waals surface area (Å²) in [6, 6.07) is 0. The van der Waals surface area contributed by atoms with E-state index in [1.54, 1.807) is 0 Å². The summed E-state index contributed by atoms with van der Waals surface area (Å²) in [4.78, 5) is 17.3. The van der Waals surface area contributed by atoms with Crippen molar-refractivity contribution in [3.05, 3.63) is 0 Å². The average molecular weight is 227 g/mol. The molecule has 1 aliphatic heterocycles. The molecule has 1 heterocycles. The predicted molar refractivity (Wildman–Crippen MR) is 66.5 cm³/mol. The highest BCUT2D eigenvalue weighted by molar-refractivity contribution is 5.47. The molecular weight excluding hydrogens is 202 g/mol. The highest BCUT2D eigenvalue weighted by atomic mass is 16.1. The minimum absolute atomic E-state index is 0.898. The Labute approximate surface area is 99.2 Å². The molecule has 1 saturated heterocycles. The molecule has 0 aromatic rings. The molecule has 0 spiro atoms. The monoisotopic (exact) mass is 227 g/mol. The van der Waals surface area contributed by atoms with Gasteiger partial charge in [-0.05, 0) is 32.6 Å². The van der Waals surface area contributed by atoms with E-state index in [4.69, 9.17) is 0 Å². The fourth-order valence-electron chi connectivity index (χ4n) is 2.15.